The summed E-state index contributed by atoms with van der Waals surface area (Å²) in [7, 11) is 1.30. The van der Waals surface area contributed by atoms with Gasteiger partial charge in [-0.2, -0.15) is 0 Å². The normalized spacial score (nSPS) is 21.6. The molecule has 0 heterocycles. The zero-order valence-electron chi connectivity index (χ0n) is 17.4. The van der Waals surface area contributed by atoms with E-state index in [2.05, 4.69) is 10.6 Å². The Kier molecular flexibility index (Phi) is 7.87. The summed E-state index contributed by atoms with van der Waals surface area (Å²) in [6.45, 7) is 5.49. The first-order valence-electron chi connectivity index (χ1n) is 9.72. The molecule has 1 fully saturated rings. The maximum absolute atomic E-state index is 12.2. The van der Waals surface area contributed by atoms with Gasteiger partial charge in [-0.1, -0.05) is 30.3 Å². The number of hydrogen-bond donors (Lipinski definition) is 2. The fourth-order valence-electron chi connectivity index (χ4n) is 3.28. The molecule has 0 aromatic heterocycles. The minimum absolute atomic E-state index is 0.144. The van der Waals surface area contributed by atoms with Crippen LogP contribution in [0.2, 0.25) is 0 Å². The SMILES string of the molecule is COC(=O)C1CC(NC(=O)OC(C)(C)C)CCC1NC(=O)OCc1ccccc1. The molecule has 29 heavy (non-hydrogen) atoms. The molecular weight excluding hydrogens is 376 g/mol. The lowest BCUT2D eigenvalue weighted by molar-refractivity contribution is -0.147. The number of rotatable bonds is 5. The van der Waals surface area contributed by atoms with E-state index in [0.29, 0.717) is 19.3 Å². The molecule has 1 aromatic rings. The molecule has 0 bridgehead atoms. The van der Waals surface area contributed by atoms with Gasteiger partial charge < -0.3 is 24.8 Å². The highest BCUT2D eigenvalue weighted by Crippen LogP contribution is 2.26. The van der Waals surface area contributed by atoms with Gasteiger partial charge in [0.15, 0.2) is 0 Å². The molecule has 0 radical (unpaired) electrons. The molecule has 1 aliphatic carbocycles. The van der Waals surface area contributed by atoms with Crippen molar-refractivity contribution in [2.24, 2.45) is 5.92 Å². The maximum Gasteiger partial charge on any atom is 0.407 e. The van der Waals surface area contributed by atoms with Crippen LogP contribution in [0, 0.1) is 5.92 Å². The van der Waals surface area contributed by atoms with Crippen molar-refractivity contribution in [2.75, 3.05) is 7.11 Å². The van der Waals surface area contributed by atoms with E-state index in [1.54, 1.807) is 20.8 Å². The van der Waals surface area contributed by atoms with Crippen molar-refractivity contribution in [3.8, 4) is 0 Å². The summed E-state index contributed by atoms with van der Waals surface area (Å²) in [6.07, 6.45) is 0.318. The number of alkyl carbamates (subject to hydrolysis) is 2. The Labute approximate surface area is 171 Å². The number of nitrogens with one attached hydrogen (secondary N) is 2. The van der Waals surface area contributed by atoms with E-state index in [0.717, 1.165) is 5.56 Å². The van der Waals surface area contributed by atoms with Crippen LogP contribution in [0.25, 0.3) is 0 Å². The second-order valence-corrected chi connectivity index (χ2v) is 8.10. The molecule has 2 rings (SSSR count). The molecule has 0 saturated heterocycles. The van der Waals surface area contributed by atoms with Crippen LogP contribution < -0.4 is 10.6 Å². The van der Waals surface area contributed by atoms with E-state index < -0.39 is 35.7 Å². The first-order chi connectivity index (χ1) is 13.7. The Morgan fingerprint density at radius 2 is 1.72 bits per heavy atom. The van der Waals surface area contributed by atoms with E-state index in [-0.39, 0.29) is 12.6 Å². The average Bonchev–Trinajstić information content (AvgIpc) is 2.66. The zero-order valence-corrected chi connectivity index (χ0v) is 17.4. The highest BCUT2D eigenvalue weighted by Gasteiger charge is 2.38. The van der Waals surface area contributed by atoms with Crippen LogP contribution in [-0.4, -0.2) is 43.0 Å². The van der Waals surface area contributed by atoms with Gasteiger partial charge in [0.25, 0.3) is 0 Å². The number of amides is 2. The molecule has 8 nitrogen and oxygen atoms in total. The fourth-order valence-corrected chi connectivity index (χ4v) is 3.28. The van der Waals surface area contributed by atoms with Crippen molar-refractivity contribution < 1.29 is 28.6 Å². The molecule has 1 aliphatic rings. The quantitative estimate of drug-likeness (QED) is 0.575. The van der Waals surface area contributed by atoms with Gasteiger partial charge in [-0.15, -0.1) is 0 Å². The second kappa shape index (κ2) is 10.1. The Morgan fingerprint density at radius 3 is 2.34 bits per heavy atom. The van der Waals surface area contributed by atoms with Gasteiger partial charge in [0.05, 0.1) is 13.0 Å². The number of benzene rings is 1. The molecule has 160 valence electrons. The van der Waals surface area contributed by atoms with Crippen molar-refractivity contribution in [1.29, 1.82) is 0 Å². The predicted octanol–water partition coefficient (Wildman–Crippen LogP) is 3.15. The Hall–Kier alpha value is -2.77. The number of methoxy groups -OCH3 is 1. The topological polar surface area (TPSA) is 103 Å². The largest absolute Gasteiger partial charge is 0.469 e. The van der Waals surface area contributed by atoms with Crippen LogP contribution in [-0.2, 0) is 25.6 Å². The van der Waals surface area contributed by atoms with Crippen LogP contribution in [0.4, 0.5) is 9.59 Å². The van der Waals surface area contributed by atoms with Gasteiger partial charge >= 0.3 is 18.2 Å². The van der Waals surface area contributed by atoms with Gasteiger partial charge in [0, 0.05) is 12.1 Å². The summed E-state index contributed by atoms with van der Waals surface area (Å²) in [5, 5.41) is 5.55. The number of hydrogen-bond acceptors (Lipinski definition) is 6. The maximum atomic E-state index is 12.2. The second-order valence-electron chi connectivity index (χ2n) is 8.10. The Morgan fingerprint density at radius 1 is 1.03 bits per heavy atom. The van der Waals surface area contributed by atoms with E-state index in [1.165, 1.54) is 7.11 Å². The van der Waals surface area contributed by atoms with Gasteiger partial charge in [-0.25, -0.2) is 9.59 Å². The first kappa shape index (κ1) is 22.5. The Balaban J connectivity index is 1.90. The first-order valence-corrected chi connectivity index (χ1v) is 9.72. The number of carbonyl (C=O) groups is 3. The summed E-state index contributed by atoms with van der Waals surface area (Å²) in [5.41, 5.74) is 0.269. The molecule has 2 N–H and O–H groups in total. The number of ether oxygens (including phenoxy) is 3. The van der Waals surface area contributed by atoms with Crippen LogP contribution in [0.15, 0.2) is 30.3 Å². The summed E-state index contributed by atoms with van der Waals surface area (Å²) in [6, 6.07) is 8.66. The monoisotopic (exact) mass is 406 g/mol. The summed E-state index contributed by atoms with van der Waals surface area (Å²) < 4.78 is 15.4. The Bertz CT molecular complexity index is 701. The molecular formula is C21H30N2O6. The molecule has 2 amide bonds. The van der Waals surface area contributed by atoms with Gasteiger partial charge in [-0.05, 0) is 45.6 Å². The van der Waals surface area contributed by atoms with Gasteiger partial charge in [0.2, 0.25) is 0 Å². The third kappa shape index (κ3) is 7.63. The van der Waals surface area contributed by atoms with E-state index in [9.17, 15) is 14.4 Å². The number of esters is 1. The lowest BCUT2D eigenvalue weighted by Gasteiger charge is -2.35. The molecule has 8 heteroatoms. The van der Waals surface area contributed by atoms with E-state index >= 15 is 0 Å². The van der Waals surface area contributed by atoms with E-state index in [4.69, 9.17) is 14.2 Å². The fraction of sp³-hybridized carbons (Fsp3) is 0.571. The van der Waals surface area contributed by atoms with Crippen molar-refractivity contribution in [3.05, 3.63) is 35.9 Å². The molecule has 3 unspecified atom stereocenters. The van der Waals surface area contributed by atoms with Crippen molar-refractivity contribution in [1.82, 2.24) is 10.6 Å². The highest BCUT2D eigenvalue weighted by molar-refractivity contribution is 5.75. The minimum atomic E-state index is -0.604. The standard InChI is InChI=1S/C21H30N2O6/c1-21(2,3)29-20(26)22-15-10-11-17(16(12-15)18(24)27-4)23-19(25)28-13-14-8-6-5-7-9-14/h5-9,15-17H,10-13H2,1-4H3,(H,22,26)(H,23,25). The van der Waals surface area contributed by atoms with E-state index in [1.807, 2.05) is 30.3 Å². The molecule has 3 atom stereocenters. The number of carbonyl (C=O) groups excluding carboxylic acids is 3. The van der Waals surface area contributed by atoms with Crippen molar-refractivity contribution >= 4 is 18.2 Å². The van der Waals surface area contributed by atoms with Gasteiger partial charge in [0.1, 0.15) is 12.2 Å². The molecule has 1 aromatic carbocycles. The van der Waals surface area contributed by atoms with Crippen LogP contribution in [0.5, 0.6) is 0 Å². The lowest BCUT2D eigenvalue weighted by atomic mass is 9.81. The summed E-state index contributed by atoms with van der Waals surface area (Å²) in [5.74, 6) is -1.02. The van der Waals surface area contributed by atoms with Crippen LogP contribution >= 0.6 is 0 Å². The average molecular weight is 406 g/mol. The van der Waals surface area contributed by atoms with Crippen molar-refractivity contribution in [2.45, 2.75) is 64.3 Å². The van der Waals surface area contributed by atoms with Crippen molar-refractivity contribution in [3.63, 3.8) is 0 Å². The van der Waals surface area contributed by atoms with Gasteiger partial charge in [-0.3, -0.25) is 4.79 Å². The predicted molar refractivity (Wildman–Crippen MR) is 106 cm³/mol. The molecule has 1 saturated carbocycles. The van der Waals surface area contributed by atoms with Crippen LogP contribution in [0.1, 0.15) is 45.6 Å². The summed E-state index contributed by atoms with van der Waals surface area (Å²) in [4.78, 5) is 36.4. The smallest absolute Gasteiger partial charge is 0.407 e. The minimum Gasteiger partial charge on any atom is -0.469 e. The zero-order chi connectivity index (χ0) is 21.4. The third-order valence-electron chi connectivity index (χ3n) is 4.59. The highest BCUT2D eigenvalue weighted by atomic mass is 16.6. The third-order valence-corrected chi connectivity index (χ3v) is 4.59. The summed E-state index contributed by atoms with van der Waals surface area (Å²) >= 11 is 0. The van der Waals surface area contributed by atoms with Crippen LogP contribution in [0.3, 0.4) is 0 Å². The molecule has 0 spiro atoms. The molecule has 0 aliphatic heterocycles. The lowest BCUT2D eigenvalue weighted by Crippen LogP contribution is -2.52.